The standard InChI is InChI=1S/C21H27N3O3/c1-21(2,3)15-6-10-17(11-7-15)22-19(25)14-4-8-16(9-5-14)23-20(26)18-12-13-27-24-18/h6-7,10-14,16H,4-5,8-9H2,1-3H3,(H,22,25)(H,23,26). The summed E-state index contributed by atoms with van der Waals surface area (Å²) in [6, 6.07) is 9.66. The first-order chi connectivity index (χ1) is 12.8. The third-order valence-electron chi connectivity index (χ3n) is 5.12. The van der Waals surface area contributed by atoms with Gasteiger partial charge in [-0.1, -0.05) is 38.1 Å². The van der Waals surface area contributed by atoms with Crippen LogP contribution >= 0.6 is 0 Å². The van der Waals surface area contributed by atoms with Crippen molar-refractivity contribution < 1.29 is 14.1 Å². The number of anilines is 1. The molecule has 27 heavy (non-hydrogen) atoms. The SMILES string of the molecule is CC(C)(C)c1ccc(NC(=O)C2CCC(NC(=O)c3ccon3)CC2)cc1. The molecule has 1 heterocycles. The van der Waals surface area contributed by atoms with Crippen molar-refractivity contribution in [1.29, 1.82) is 0 Å². The monoisotopic (exact) mass is 369 g/mol. The third-order valence-corrected chi connectivity index (χ3v) is 5.12. The van der Waals surface area contributed by atoms with Gasteiger partial charge in [0, 0.05) is 23.7 Å². The molecular formula is C21H27N3O3. The molecule has 1 saturated carbocycles. The predicted molar refractivity (Wildman–Crippen MR) is 103 cm³/mol. The Morgan fingerprint density at radius 3 is 2.26 bits per heavy atom. The summed E-state index contributed by atoms with van der Waals surface area (Å²) in [4.78, 5) is 24.6. The van der Waals surface area contributed by atoms with Crippen LogP contribution in [0, 0.1) is 5.92 Å². The topological polar surface area (TPSA) is 84.2 Å². The summed E-state index contributed by atoms with van der Waals surface area (Å²) < 4.78 is 4.69. The van der Waals surface area contributed by atoms with Crippen molar-refractivity contribution in [1.82, 2.24) is 10.5 Å². The van der Waals surface area contributed by atoms with Crippen LogP contribution < -0.4 is 10.6 Å². The maximum Gasteiger partial charge on any atom is 0.273 e. The molecule has 0 bridgehead atoms. The van der Waals surface area contributed by atoms with E-state index in [-0.39, 0.29) is 34.9 Å². The first-order valence-corrected chi connectivity index (χ1v) is 9.45. The fourth-order valence-corrected chi connectivity index (χ4v) is 3.39. The van der Waals surface area contributed by atoms with Gasteiger partial charge in [0.25, 0.3) is 5.91 Å². The molecule has 1 aromatic heterocycles. The first kappa shape index (κ1) is 19.1. The maximum absolute atomic E-state index is 12.5. The average molecular weight is 369 g/mol. The van der Waals surface area contributed by atoms with Crippen molar-refractivity contribution in [2.75, 3.05) is 5.32 Å². The van der Waals surface area contributed by atoms with Crippen LogP contribution in [0.15, 0.2) is 41.1 Å². The molecule has 1 fully saturated rings. The molecule has 0 saturated heterocycles. The van der Waals surface area contributed by atoms with E-state index in [4.69, 9.17) is 4.52 Å². The lowest BCUT2D eigenvalue weighted by Gasteiger charge is -2.28. The number of nitrogens with zero attached hydrogens (tertiary/aromatic N) is 1. The fourth-order valence-electron chi connectivity index (χ4n) is 3.39. The molecule has 0 spiro atoms. The van der Waals surface area contributed by atoms with Gasteiger partial charge in [0.2, 0.25) is 5.91 Å². The van der Waals surface area contributed by atoms with Crippen LogP contribution in [0.4, 0.5) is 5.69 Å². The minimum Gasteiger partial charge on any atom is -0.364 e. The van der Waals surface area contributed by atoms with Crippen LogP contribution in [-0.2, 0) is 10.2 Å². The Bertz CT molecular complexity index is 768. The van der Waals surface area contributed by atoms with E-state index in [9.17, 15) is 9.59 Å². The zero-order chi connectivity index (χ0) is 19.4. The lowest BCUT2D eigenvalue weighted by atomic mass is 9.85. The molecule has 0 radical (unpaired) electrons. The minimum absolute atomic E-state index is 0.0208. The minimum atomic E-state index is -0.226. The van der Waals surface area contributed by atoms with Gasteiger partial charge in [-0.05, 0) is 48.8 Å². The molecule has 2 amide bonds. The molecule has 2 aromatic rings. The Hall–Kier alpha value is -2.63. The predicted octanol–water partition coefficient (Wildman–Crippen LogP) is 3.90. The number of hydrogen-bond acceptors (Lipinski definition) is 4. The lowest BCUT2D eigenvalue weighted by Crippen LogP contribution is -2.39. The Labute approximate surface area is 159 Å². The molecule has 144 valence electrons. The molecule has 1 aliphatic rings. The number of rotatable bonds is 4. The Morgan fingerprint density at radius 1 is 1.04 bits per heavy atom. The molecule has 6 heteroatoms. The van der Waals surface area contributed by atoms with Gasteiger partial charge in [0.15, 0.2) is 5.69 Å². The molecule has 6 nitrogen and oxygen atoms in total. The van der Waals surface area contributed by atoms with Gasteiger partial charge in [-0.3, -0.25) is 9.59 Å². The van der Waals surface area contributed by atoms with E-state index >= 15 is 0 Å². The molecule has 0 aliphatic heterocycles. The summed E-state index contributed by atoms with van der Waals surface area (Å²) in [5.74, 6) is -0.192. The van der Waals surface area contributed by atoms with Gasteiger partial charge in [-0.25, -0.2) is 0 Å². The number of nitrogens with one attached hydrogen (secondary N) is 2. The highest BCUT2D eigenvalue weighted by atomic mass is 16.5. The Morgan fingerprint density at radius 2 is 1.70 bits per heavy atom. The smallest absolute Gasteiger partial charge is 0.273 e. The summed E-state index contributed by atoms with van der Waals surface area (Å²) in [5.41, 5.74) is 2.45. The average Bonchev–Trinajstić information content (AvgIpc) is 3.17. The van der Waals surface area contributed by atoms with E-state index in [1.165, 1.54) is 11.8 Å². The van der Waals surface area contributed by atoms with Crippen molar-refractivity contribution in [2.24, 2.45) is 5.92 Å². The molecule has 2 N–H and O–H groups in total. The van der Waals surface area contributed by atoms with E-state index in [2.05, 4.69) is 48.7 Å². The highest BCUT2D eigenvalue weighted by Gasteiger charge is 2.27. The highest BCUT2D eigenvalue weighted by molar-refractivity contribution is 5.93. The number of amides is 2. The van der Waals surface area contributed by atoms with E-state index in [0.29, 0.717) is 0 Å². The lowest BCUT2D eigenvalue weighted by molar-refractivity contribution is -0.120. The summed E-state index contributed by atoms with van der Waals surface area (Å²) in [5, 5.41) is 9.62. The van der Waals surface area contributed by atoms with E-state index in [1.54, 1.807) is 6.07 Å². The van der Waals surface area contributed by atoms with Gasteiger partial charge in [0.1, 0.15) is 6.26 Å². The van der Waals surface area contributed by atoms with E-state index in [1.807, 2.05) is 12.1 Å². The van der Waals surface area contributed by atoms with E-state index in [0.717, 1.165) is 31.4 Å². The van der Waals surface area contributed by atoms with Gasteiger partial charge in [-0.2, -0.15) is 0 Å². The molecule has 1 aliphatic carbocycles. The van der Waals surface area contributed by atoms with Crippen molar-refractivity contribution in [3.05, 3.63) is 47.9 Å². The fraction of sp³-hybridized carbons (Fsp3) is 0.476. The Kier molecular flexibility index (Phi) is 5.63. The van der Waals surface area contributed by atoms with Crippen LogP contribution in [-0.4, -0.2) is 23.0 Å². The molecule has 0 atom stereocenters. The normalized spacial score (nSPS) is 20.1. The van der Waals surface area contributed by atoms with Gasteiger partial charge < -0.3 is 15.2 Å². The molecule has 1 aromatic carbocycles. The largest absolute Gasteiger partial charge is 0.364 e. The zero-order valence-electron chi connectivity index (χ0n) is 16.1. The zero-order valence-corrected chi connectivity index (χ0v) is 16.1. The maximum atomic E-state index is 12.5. The van der Waals surface area contributed by atoms with Gasteiger partial charge in [-0.15, -0.1) is 0 Å². The van der Waals surface area contributed by atoms with Crippen molar-refractivity contribution in [3.8, 4) is 0 Å². The van der Waals surface area contributed by atoms with Crippen molar-refractivity contribution >= 4 is 17.5 Å². The number of benzene rings is 1. The van der Waals surface area contributed by atoms with Crippen molar-refractivity contribution in [2.45, 2.75) is 57.9 Å². The second-order valence-corrected chi connectivity index (χ2v) is 8.22. The second kappa shape index (κ2) is 7.94. The first-order valence-electron chi connectivity index (χ1n) is 9.45. The number of hydrogen-bond donors (Lipinski definition) is 2. The van der Waals surface area contributed by atoms with Gasteiger partial charge >= 0.3 is 0 Å². The second-order valence-electron chi connectivity index (χ2n) is 8.22. The van der Waals surface area contributed by atoms with Crippen LogP contribution in [0.25, 0.3) is 0 Å². The van der Waals surface area contributed by atoms with Crippen LogP contribution in [0.5, 0.6) is 0 Å². The summed E-state index contributed by atoms with van der Waals surface area (Å²) in [6.07, 6.45) is 4.46. The highest BCUT2D eigenvalue weighted by Crippen LogP contribution is 2.27. The third kappa shape index (κ3) is 4.96. The van der Waals surface area contributed by atoms with Crippen LogP contribution in [0.1, 0.15) is 62.5 Å². The summed E-state index contributed by atoms with van der Waals surface area (Å²) in [6.45, 7) is 6.50. The molecular weight excluding hydrogens is 342 g/mol. The van der Waals surface area contributed by atoms with Crippen LogP contribution in [0.3, 0.4) is 0 Å². The summed E-state index contributed by atoms with van der Waals surface area (Å²) in [7, 11) is 0. The number of carbonyl (C=O) groups excluding carboxylic acids is 2. The van der Waals surface area contributed by atoms with Crippen molar-refractivity contribution in [3.63, 3.8) is 0 Å². The molecule has 3 rings (SSSR count). The summed E-state index contributed by atoms with van der Waals surface area (Å²) >= 11 is 0. The van der Waals surface area contributed by atoms with E-state index < -0.39 is 0 Å². The Balaban J connectivity index is 1.48. The number of carbonyl (C=O) groups is 2. The van der Waals surface area contributed by atoms with Crippen LogP contribution in [0.2, 0.25) is 0 Å². The number of aromatic nitrogens is 1. The van der Waals surface area contributed by atoms with Gasteiger partial charge in [0.05, 0.1) is 0 Å². The quantitative estimate of drug-likeness (QED) is 0.856. The molecule has 0 unspecified atom stereocenters.